The molecule has 2 amide bonds. The predicted octanol–water partition coefficient (Wildman–Crippen LogP) is 8.72. The van der Waals surface area contributed by atoms with Crippen molar-refractivity contribution < 1.29 is 9.59 Å². The van der Waals surface area contributed by atoms with Crippen LogP contribution in [0.25, 0.3) is 11.3 Å². The number of carbonyl (C=O) groups is 2. The van der Waals surface area contributed by atoms with Gasteiger partial charge in [-0.3, -0.25) is 9.59 Å². The Morgan fingerprint density at radius 1 is 1.00 bits per heavy atom. The molecule has 190 valence electrons. The lowest BCUT2D eigenvalue weighted by molar-refractivity contribution is -0.116. The Kier molecular flexibility index (Phi) is 9.63. The first-order chi connectivity index (χ1) is 17.9. The fourth-order valence-corrected chi connectivity index (χ4v) is 5.87. The summed E-state index contributed by atoms with van der Waals surface area (Å²) in [5.74, 6) is -0.210. The van der Waals surface area contributed by atoms with Crippen LogP contribution in [0.5, 0.6) is 0 Å². The molecule has 2 N–H and O–H groups in total. The second-order valence-corrected chi connectivity index (χ2v) is 11.1. The number of anilines is 2. The molecule has 0 aliphatic carbocycles. The molecular weight excluding hydrogens is 545 g/mol. The van der Waals surface area contributed by atoms with Gasteiger partial charge in [0.2, 0.25) is 11.8 Å². The predicted molar refractivity (Wildman–Crippen MR) is 156 cm³/mol. The number of nitrogens with zero attached hydrogens (tertiary/aromatic N) is 1. The number of benzene rings is 3. The highest BCUT2D eigenvalue weighted by Gasteiger charge is 2.23. The fraction of sp³-hybridized carbons (Fsp3) is 0.179. The van der Waals surface area contributed by atoms with Crippen LogP contribution >= 0.6 is 46.3 Å². The third kappa shape index (κ3) is 7.58. The summed E-state index contributed by atoms with van der Waals surface area (Å²) in [5, 5.41) is 8.74. The lowest BCUT2D eigenvalue weighted by atomic mass is 10.1. The van der Waals surface area contributed by atoms with Gasteiger partial charge in [0.1, 0.15) is 5.25 Å². The number of thioether (sulfide) groups is 1. The summed E-state index contributed by atoms with van der Waals surface area (Å²) < 4.78 is 0. The summed E-state index contributed by atoms with van der Waals surface area (Å²) in [4.78, 5) is 31.1. The number of rotatable bonds is 10. The fourth-order valence-electron chi connectivity index (χ4n) is 3.57. The van der Waals surface area contributed by atoms with Crippen molar-refractivity contribution in [2.75, 3.05) is 10.6 Å². The molecule has 0 bridgehead atoms. The van der Waals surface area contributed by atoms with Crippen LogP contribution in [0.4, 0.5) is 10.8 Å². The maximum atomic E-state index is 13.5. The summed E-state index contributed by atoms with van der Waals surface area (Å²) in [7, 11) is 0. The number of carbonyl (C=O) groups excluding carboxylic acids is 2. The van der Waals surface area contributed by atoms with Gasteiger partial charge >= 0.3 is 0 Å². The zero-order valence-electron chi connectivity index (χ0n) is 20.0. The first-order valence-electron chi connectivity index (χ1n) is 11.8. The van der Waals surface area contributed by atoms with E-state index in [9.17, 15) is 9.59 Å². The van der Waals surface area contributed by atoms with Crippen molar-refractivity contribution in [2.24, 2.45) is 0 Å². The van der Waals surface area contributed by atoms with Gasteiger partial charge in [-0.05, 0) is 48.4 Å². The Morgan fingerprint density at radius 3 is 2.57 bits per heavy atom. The topological polar surface area (TPSA) is 71.1 Å². The minimum Gasteiger partial charge on any atom is -0.326 e. The molecule has 3 aromatic carbocycles. The van der Waals surface area contributed by atoms with Crippen LogP contribution in [0.15, 0.2) is 83.1 Å². The molecule has 1 unspecified atom stereocenters. The van der Waals surface area contributed by atoms with E-state index in [4.69, 9.17) is 23.2 Å². The van der Waals surface area contributed by atoms with Gasteiger partial charge in [0.05, 0.1) is 10.7 Å². The van der Waals surface area contributed by atoms with E-state index in [2.05, 4.69) is 22.5 Å². The zero-order chi connectivity index (χ0) is 26.2. The van der Waals surface area contributed by atoms with Crippen molar-refractivity contribution in [3.8, 4) is 11.3 Å². The van der Waals surface area contributed by atoms with Crippen molar-refractivity contribution in [2.45, 2.75) is 36.3 Å². The average molecular weight is 571 g/mol. The van der Waals surface area contributed by atoms with Crippen LogP contribution in [0.2, 0.25) is 10.0 Å². The summed E-state index contributed by atoms with van der Waals surface area (Å²) in [5.41, 5.74) is 2.98. The average Bonchev–Trinajstić information content (AvgIpc) is 3.34. The van der Waals surface area contributed by atoms with Crippen molar-refractivity contribution in [1.29, 1.82) is 0 Å². The van der Waals surface area contributed by atoms with Crippen molar-refractivity contribution >= 4 is 68.9 Å². The number of hydrogen-bond donors (Lipinski definition) is 2. The molecular formula is C28H25Cl2N3O2S2. The molecule has 5 nitrogen and oxygen atoms in total. The molecule has 0 aliphatic heterocycles. The van der Waals surface area contributed by atoms with Crippen molar-refractivity contribution in [1.82, 2.24) is 4.98 Å². The zero-order valence-corrected chi connectivity index (χ0v) is 23.2. The van der Waals surface area contributed by atoms with E-state index < -0.39 is 5.25 Å². The molecule has 1 heterocycles. The minimum absolute atomic E-state index is 0.0123. The number of nitrogens with one attached hydrogen (secondary N) is 2. The Morgan fingerprint density at radius 2 is 1.81 bits per heavy atom. The Balaban J connectivity index is 1.52. The molecule has 9 heteroatoms. The molecule has 0 saturated heterocycles. The standard InChI is InChI=1S/C28H25Cl2N3O2S2/c1-2-3-12-25(34)31-20-10-7-11-21(16-20)37-26(18-8-5-4-6-9-18)27(35)33-28-32-24(17-36-28)22-14-13-19(29)15-23(22)30/h4-11,13-17,26H,2-3,12H2,1H3,(H,31,34)(H,32,33,35). The van der Waals surface area contributed by atoms with Gasteiger partial charge < -0.3 is 10.6 Å². The molecule has 0 fully saturated rings. The summed E-state index contributed by atoms with van der Waals surface area (Å²) in [6.07, 6.45) is 2.30. The SMILES string of the molecule is CCCCC(=O)Nc1cccc(SC(C(=O)Nc2nc(-c3ccc(Cl)cc3Cl)cs2)c2ccccc2)c1. The maximum Gasteiger partial charge on any atom is 0.244 e. The highest BCUT2D eigenvalue weighted by Crippen LogP contribution is 2.38. The lowest BCUT2D eigenvalue weighted by Crippen LogP contribution is -2.19. The third-order valence-corrected chi connectivity index (χ3v) is 7.96. The summed E-state index contributed by atoms with van der Waals surface area (Å²) in [6.45, 7) is 2.05. The van der Waals surface area contributed by atoms with Gasteiger partial charge in [-0.2, -0.15) is 0 Å². The van der Waals surface area contributed by atoms with Crippen LogP contribution < -0.4 is 10.6 Å². The van der Waals surface area contributed by atoms with Gasteiger partial charge in [-0.25, -0.2) is 4.98 Å². The van der Waals surface area contributed by atoms with Crippen LogP contribution in [0, 0.1) is 0 Å². The molecule has 4 rings (SSSR count). The number of amides is 2. The Labute approximate surface area is 234 Å². The van der Waals surface area contributed by atoms with E-state index in [1.54, 1.807) is 12.1 Å². The molecule has 0 saturated carbocycles. The normalized spacial score (nSPS) is 11.6. The van der Waals surface area contributed by atoms with Crippen LogP contribution in [0.1, 0.15) is 37.0 Å². The number of aromatic nitrogens is 1. The molecule has 4 aromatic rings. The van der Waals surface area contributed by atoms with Crippen LogP contribution in [0.3, 0.4) is 0 Å². The number of halogens is 2. The maximum absolute atomic E-state index is 13.5. The highest BCUT2D eigenvalue weighted by atomic mass is 35.5. The molecule has 37 heavy (non-hydrogen) atoms. The second-order valence-electron chi connectivity index (χ2n) is 8.24. The first kappa shape index (κ1) is 27.2. The van der Waals surface area contributed by atoms with Crippen LogP contribution in [-0.2, 0) is 9.59 Å². The van der Waals surface area contributed by atoms with Crippen molar-refractivity contribution in [3.63, 3.8) is 0 Å². The molecule has 0 spiro atoms. The summed E-state index contributed by atoms with van der Waals surface area (Å²) in [6, 6.07) is 22.4. The highest BCUT2D eigenvalue weighted by molar-refractivity contribution is 8.00. The summed E-state index contributed by atoms with van der Waals surface area (Å²) >= 11 is 15.1. The first-order valence-corrected chi connectivity index (χ1v) is 14.3. The van der Waals surface area contributed by atoms with E-state index in [1.807, 2.05) is 66.0 Å². The second kappa shape index (κ2) is 13.1. The Hall–Kier alpha value is -2.84. The van der Waals surface area contributed by atoms with E-state index in [1.165, 1.54) is 23.1 Å². The molecule has 0 aliphatic rings. The quantitative estimate of drug-likeness (QED) is 0.187. The molecule has 1 atom stereocenters. The third-order valence-electron chi connectivity index (χ3n) is 5.41. The molecule has 1 aromatic heterocycles. The smallest absolute Gasteiger partial charge is 0.244 e. The van der Waals surface area contributed by atoms with Crippen LogP contribution in [-0.4, -0.2) is 16.8 Å². The minimum atomic E-state index is -0.529. The van der Waals surface area contributed by atoms with E-state index >= 15 is 0 Å². The number of hydrogen-bond acceptors (Lipinski definition) is 5. The van der Waals surface area contributed by atoms with E-state index in [0.717, 1.165) is 28.9 Å². The lowest BCUT2D eigenvalue weighted by Gasteiger charge is -2.17. The number of unbranched alkanes of at least 4 members (excludes halogenated alkanes) is 1. The number of thiazole rings is 1. The monoisotopic (exact) mass is 569 g/mol. The largest absolute Gasteiger partial charge is 0.326 e. The Bertz CT molecular complexity index is 1380. The van der Waals surface area contributed by atoms with Crippen molar-refractivity contribution in [3.05, 3.63) is 93.8 Å². The van der Waals surface area contributed by atoms with Gasteiger partial charge in [0.15, 0.2) is 5.13 Å². The van der Waals surface area contributed by atoms with Gasteiger partial charge in [-0.1, -0.05) is 72.9 Å². The van der Waals surface area contributed by atoms with E-state index in [-0.39, 0.29) is 11.8 Å². The molecule has 0 radical (unpaired) electrons. The van der Waals surface area contributed by atoms with Gasteiger partial charge in [0, 0.05) is 33.0 Å². The van der Waals surface area contributed by atoms with Gasteiger partial charge in [-0.15, -0.1) is 23.1 Å². The van der Waals surface area contributed by atoms with E-state index in [0.29, 0.717) is 33.0 Å². The van der Waals surface area contributed by atoms with Gasteiger partial charge in [0.25, 0.3) is 0 Å².